The Balaban J connectivity index is 2.10. The van der Waals surface area contributed by atoms with Crippen molar-refractivity contribution in [1.82, 2.24) is 0 Å². The molecule has 0 radical (unpaired) electrons. The van der Waals surface area contributed by atoms with Crippen molar-refractivity contribution >= 4 is 34.8 Å². The van der Waals surface area contributed by atoms with Crippen LogP contribution in [0.3, 0.4) is 0 Å². The lowest BCUT2D eigenvalue weighted by molar-refractivity contribution is 0.105. The fraction of sp³-hybridized carbons (Fsp3) is 0.400. The maximum atomic E-state index is 14.6. The van der Waals surface area contributed by atoms with Crippen molar-refractivity contribution in [2.75, 3.05) is 12.5 Å². The molecule has 0 saturated heterocycles. The number of benzene rings is 2. The third-order valence-electron chi connectivity index (χ3n) is 4.57. The molecule has 0 aliphatic carbocycles. The van der Waals surface area contributed by atoms with Gasteiger partial charge in [0.15, 0.2) is 0 Å². The second-order valence-corrected chi connectivity index (χ2v) is 7.57. The van der Waals surface area contributed by atoms with Gasteiger partial charge in [-0.2, -0.15) is 0 Å². The molecule has 3 atom stereocenters. The van der Waals surface area contributed by atoms with Gasteiger partial charge in [0.2, 0.25) is 0 Å². The molecule has 0 spiro atoms. The van der Waals surface area contributed by atoms with Gasteiger partial charge in [0.25, 0.3) is 0 Å². The van der Waals surface area contributed by atoms with Crippen LogP contribution in [0.2, 0.25) is 10.0 Å². The van der Waals surface area contributed by atoms with Crippen molar-refractivity contribution in [2.45, 2.75) is 38.2 Å². The Bertz CT molecular complexity index is 739. The SMILES string of the molecule is CC(c1ccc(Cl)c(Cl)c1)C(C)c1ccc(OCC(O)CCCl)cc1F. The van der Waals surface area contributed by atoms with Crippen LogP contribution in [0.25, 0.3) is 0 Å². The Morgan fingerprint density at radius 2 is 1.77 bits per heavy atom. The minimum Gasteiger partial charge on any atom is -0.491 e. The average Bonchev–Trinajstić information content (AvgIpc) is 2.61. The summed E-state index contributed by atoms with van der Waals surface area (Å²) in [5.74, 6) is 0.379. The van der Waals surface area contributed by atoms with Gasteiger partial charge in [0.05, 0.1) is 16.1 Å². The molecule has 2 nitrogen and oxygen atoms in total. The summed E-state index contributed by atoms with van der Waals surface area (Å²) in [5, 5.41) is 10.6. The fourth-order valence-electron chi connectivity index (χ4n) is 2.72. The first-order valence-corrected chi connectivity index (χ1v) is 9.73. The van der Waals surface area contributed by atoms with Gasteiger partial charge in [-0.05, 0) is 47.6 Å². The number of aliphatic hydroxyl groups is 1. The summed E-state index contributed by atoms with van der Waals surface area (Å²) in [5.41, 5.74) is 1.59. The zero-order valence-corrected chi connectivity index (χ0v) is 17.0. The Morgan fingerprint density at radius 3 is 2.38 bits per heavy atom. The first kappa shape index (κ1) is 21.3. The predicted octanol–water partition coefficient (Wildman–Crippen LogP) is 6.41. The third kappa shape index (κ3) is 5.50. The van der Waals surface area contributed by atoms with Crippen LogP contribution < -0.4 is 4.74 Å². The van der Waals surface area contributed by atoms with E-state index in [-0.39, 0.29) is 24.3 Å². The van der Waals surface area contributed by atoms with Crippen LogP contribution in [0.1, 0.15) is 43.2 Å². The van der Waals surface area contributed by atoms with E-state index < -0.39 is 6.10 Å². The van der Waals surface area contributed by atoms with Crippen molar-refractivity contribution in [3.05, 3.63) is 63.4 Å². The summed E-state index contributed by atoms with van der Waals surface area (Å²) in [6.07, 6.45) is -0.232. The van der Waals surface area contributed by atoms with Gasteiger partial charge < -0.3 is 9.84 Å². The second-order valence-electron chi connectivity index (χ2n) is 6.38. The molecule has 3 unspecified atom stereocenters. The van der Waals surface area contributed by atoms with Gasteiger partial charge in [0, 0.05) is 11.9 Å². The van der Waals surface area contributed by atoms with Crippen LogP contribution in [0, 0.1) is 5.82 Å². The van der Waals surface area contributed by atoms with Gasteiger partial charge in [-0.3, -0.25) is 0 Å². The lowest BCUT2D eigenvalue weighted by atomic mass is 9.84. The number of ether oxygens (including phenoxy) is 1. The van der Waals surface area contributed by atoms with Gasteiger partial charge in [0.1, 0.15) is 18.2 Å². The van der Waals surface area contributed by atoms with Crippen molar-refractivity contribution in [3.8, 4) is 5.75 Å². The predicted molar refractivity (Wildman–Crippen MR) is 107 cm³/mol. The van der Waals surface area contributed by atoms with Crippen LogP contribution in [0.15, 0.2) is 36.4 Å². The molecule has 1 N–H and O–H groups in total. The normalized spacial score (nSPS) is 14.7. The van der Waals surface area contributed by atoms with Crippen LogP contribution in [0.4, 0.5) is 4.39 Å². The molecular formula is C20H22Cl3FO2. The van der Waals surface area contributed by atoms with Crippen molar-refractivity contribution in [2.24, 2.45) is 0 Å². The van der Waals surface area contributed by atoms with E-state index in [1.807, 2.05) is 26.0 Å². The topological polar surface area (TPSA) is 29.5 Å². The maximum absolute atomic E-state index is 14.6. The summed E-state index contributed by atoms with van der Waals surface area (Å²) < 4.78 is 20.0. The molecule has 6 heteroatoms. The van der Waals surface area contributed by atoms with Gasteiger partial charge in [-0.15, -0.1) is 11.6 Å². The van der Waals surface area contributed by atoms with E-state index in [1.54, 1.807) is 18.2 Å². The number of hydrogen-bond acceptors (Lipinski definition) is 2. The molecule has 2 rings (SSSR count). The van der Waals surface area contributed by atoms with Crippen LogP contribution in [-0.2, 0) is 0 Å². The Kier molecular flexibility index (Phi) is 8.03. The molecular weight excluding hydrogens is 398 g/mol. The first-order valence-electron chi connectivity index (χ1n) is 8.44. The zero-order chi connectivity index (χ0) is 19.3. The molecule has 0 saturated carbocycles. The van der Waals surface area contributed by atoms with Crippen LogP contribution in [-0.4, -0.2) is 23.7 Å². The molecule has 2 aromatic carbocycles. The molecule has 0 fully saturated rings. The zero-order valence-electron chi connectivity index (χ0n) is 14.7. The Hall–Kier alpha value is -1.00. The summed E-state index contributed by atoms with van der Waals surface area (Å²) in [7, 11) is 0. The summed E-state index contributed by atoms with van der Waals surface area (Å²) in [6.45, 7) is 4.08. The quantitative estimate of drug-likeness (QED) is 0.501. The van der Waals surface area contributed by atoms with Crippen LogP contribution in [0.5, 0.6) is 5.75 Å². The fourth-order valence-corrected chi connectivity index (χ4v) is 3.28. The number of hydrogen-bond donors (Lipinski definition) is 1. The molecule has 0 amide bonds. The molecule has 2 aromatic rings. The minimum absolute atomic E-state index is 0.0524. The molecule has 0 bridgehead atoms. The van der Waals surface area contributed by atoms with Crippen molar-refractivity contribution < 1.29 is 14.2 Å². The van der Waals surface area contributed by atoms with Crippen molar-refractivity contribution in [3.63, 3.8) is 0 Å². The summed E-state index contributed by atoms with van der Waals surface area (Å²) in [6, 6.07) is 10.3. The van der Waals surface area contributed by atoms with E-state index >= 15 is 0 Å². The van der Waals surface area contributed by atoms with Gasteiger partial charge in [-0.1, -0.05) is 49.2 Å². The molecule has 0 aliphatic rings. The van der Waals surface area contributed by atoms with Crippen molar-refractivity contribution in [1.29, 1.82) is 0 Å². The van der Waals surface area contributed by atoms with E-state index in [9.17, 15) is 9.50 Å². The Labute approximate surface area is 168 Å². The highest BCUT2D eigenvalue weighted by molar-refractivity contribution is 6.42. The number of rotatable bonds is 8. The monoisotopic (exact) mass is 418 g/mol. The lowest BCUT2D eigenvalue weighted by Crippen LogP contribution is -2.18. The van der Waals surface area contributed by atoms with E-state index in [4.69, 9.17) is 39.5 Å². The second kappa shape index (κ2) is 9.80. The number of alkyl halides is 1. The number of aliphatic hydroxyl groups excluding tert-OH is 1. The average molecular weight is 420 g/mol. The summed E-state index contributed by atoms with van der Waals surface area (Å²) in [4.78, 5) is 0. The molecule has 0 aliphatic heterocycles. The molecule has 0 aromatic heterocycles. The lowest BCUT2D eigenvalue weighted by Gasteiger charge is -2.22. The highest BCUT2D eigenvalue weighted by Crippen LogP contribution is 2.36. The molecule has 0 heterocycles. The molecule has 26 heavy (non-hydrogen) atoms. The van der Waals surface area contributed by atoms with Gasteiger partial charge in [-0.25, -0.2) is 4.39 Å². The van der Waals surface area contributed by atoms with Crippen LogP contribution >= 0.6 is 34.8 Å². The Morgan fingerprint density at radius 1 is 1.04 bits per heavy atom. The van der Waals surface area contributed by atoms with E-state index in [0.29, 0.717) is 33.7 Å². The minimum atomic E-state index is -0.663. The van der Waals surface area contributed by atoms with Gasteiger partial charge >= 0.3 is 0 Å². The highest BCUT2D eigenvalue weighted by atomic mass is 35.5. The first-order chi connectivity index (χ1) is 12.3. The smallest absolute Gasteiger partial charge is 0.130 e. The summed E-state index contributed by atoms with van der Waals surface area (Å²) >= 11 is 17.6. The van der Waals surface area contributed by atoms with E-state index in [1.165, 1.54) is 6.07 Å². The maximum Gasteiger partial charge on any atom is 0.130 e. The number of halogens is 4. The molecule has 142 valence electrons. The standard InChI is InChI=1S/C20H22Cl3FO2/c1-12(14-3-6-18(22)19(23)9-14)13(2)17-5-4-16(10-20(17)24)26-11-15(25)7-8-21/h3-6,9-10,12-13,15,25H,7-8,11H2,1-2H3. The highest BCUT2D eigenvalue weighted by Gasteiger charge is 2.20. The van der Waals surface area contributed by atoms with E-state index in [2.05, 4.69) is 0 Å². The third-order valence-corrected chi connectivity index (χ3v) is 5.52. The largest absolute Gasteiger partial charge is 0.491 e. The van der Waals surface area contributed by atoms with E-state index in [0.717, 1.165) is 5.56 Å².